The van der Waals surface area contributed by atoms with Crippen LogP contribution in [0.4, 0.5) is 0 Å². The molecule has 0 saturated heterocycles. The SMILES string of the molecule is Cc1c(C(=O)NNC(=O)CCc2ccc(C#N)cc2)oc2ccccc12. The van der Waals surface area contributed by atoms with Gasteiger partial charge in [-0.25, -0.2) is 0 Å². The van der Waals surface area contributed by atoms with Gasteiger partial charge in [-0.1, -0.05) is 30.3 Å². The van der Waals surface area contributed by atoms with Crippen molar-refractivity contribution in [3.05, 3.63) is 71.0 Å². The van der Waals surface area contributed by atoms with E-state index in [0.29, 0.717) is 17.6 Å². The summed E-state index contributed by atoms with van der Waals surface area (Å²) in [6.07, 6.45) is 0.725. The molecule has 6 nitrogen and oxygen atoms in total. The topological polar surface area (TPSA) is 95.1 Å². The van der Waals surface area contributed by atoms with E-state index in [0.717, 1.165) is 16.5 Å². The third-order valence-corrected chi connectivity index (χ3v) is 4.09. The first-order valence-corrected chi connectivity index (χ1v) is 8.15. The van der Waals surface area contributed by atoms with Gasteiger partial charge in [0.05, 0.1) is 11.6 Å². The number of aryl methyl sites for hydroxylation is 2. The Balaban J connectivity index is 1.54. The molecule has 0 spiro atoms. The molecular weight excluding hydrogens is 330 g/mol. The van der Waals surface area contributed by atoms with E-state index in [4.69, 9.17) is 9.68 Å². The Bertz CT molecular complexity index is 997. The predicted octanol–water partition coefficient (Wildman–Crippen LogP) is 3.01. The van der Waals surface area contributed by atoms with Crippen LogP contribution in [0.2, 0.25) is 0 Å². The Hall–Kier alpha value is -3.59. The molecule has 0 bridgehead atoms. The third-order valence-electron chi connectivity index (χ3n) is 4.09. The van der Waals surface area contributed by atoms with Gasteiger partial charge in [0.15, 0.2) is 5.76 Å². The van der Waals surface area contributed by atoms with Gasteiger partial charge in [-0.3, -0.25) is 20.4 Å². The van der Waals surface area contributed by atoms with Crippen LogP contribution in [-0.4, -0.2) is 11.8 Å². The Kier molecular flexibility index (Phi) is 4.99. The Labute approximate surface area is 150 Å². The highest BCUT2D eigenvalue weighted by Crippen LogP contribution is 2.24. The van der Waals surface area contributed by atoms with Crippen molar-refractivity contribution in [3.63, 3.8) is 0 Å². The summed E-state index contributed by atoms with van der Waals surface area (Å²) < 4.78 is 5.55. The Morgan fingerprint density at radius 1 is 1.08 bits per heavy atom. The van der Waals surface area contributed by atoms with Gasteiger partial charge in [0.1, 0.15) is 5.58 Å². The lowest BCUT2D eigenvalue weighted by atomic mass is 10.1. The number of carbonyl (C=O) groups excluding carboxylic acids is 2. The molecule has 0 unspecified atom stereocenters. The molecule has 0 aliphatic carbocycles. The standard InChI is InChI=1S/C20H17N3O3/c1-13-16-4-2-3-5-17(16)26-19(13)20(25)23-22-18(24)11-10-14-6-8-15(12-21)9-7-14/h2-9H,10-11H2,1H3,(H,22,24)(H,23,25). The first-order chi connectivity index (χ1) is 12.6. The molecule has 0 fully saturated rings. The van der Waals surface area contributed by atoms with Gasteiger partial charge in [0.2, 0.25) is 5.91 Å². The zero-order chi connectivity index (χ0) is 18.5. The molecule has 26 heavy (non-hydrogen) atoms. The van der Waals surface area contributed by atoms with E-state index in [9.17, 15) is 9.59 Å². The number of nitrogens with zero attached hydrogens (tertiary/aromatic N) is 1. The summed E-state index contributed by atoms with van der Waals surface area (Å²) >= 11 is 0. The molecule has 0 aliphatic rings. The maximum Gasteiger partial charge on any atom is 0.305 e. The first-order valence-electron chi connectivity index (χ1n) is 8.15. The monoisotopic (exact) mass is 347 g/mol. The summed E-state index contributed by atoms with van der Waals surface area (Å²) in [7, 11) is 0. The van der Waals surface area contributed by atoms with Crippen LogP contribution < -0.4 is 10.9 Å². The van der Waals surface area contributed by atoms with E-state index in [-0.39, 0.29) is 18.1 Å². The molecule has 2 amide bonds. The molecule has 3 rings (SSSR count). The van der Waals surface area contributed by atoms with Gasteiger partial charge in [0.25, 0.3) is 0 Å². The maximum atomic E-state index is 12.2. The highest BCUT2D eigenvalue weighted by molar-refractivity contribution is 5.99. The highest BCUT2D eigenvalue weighted by atomic mass is 16.3. The molecule has 1 aromatic heterocycles. The number of nitriles is 1. The fourth-order valence-corrected chi connectivity index (χ4v) is 2.64. The Morgan fingerprint density at radius 3 is 2.50 bits per heavy atom. The molecular formula is C20H17N3O3. The van der Waals surface area contributed by atoms with Crippen molar-refractivity contribution in [3.8, 4) is 6.07 Å². The van der Waals surface area contributed by atoms with Crippen molar-refractivity contribution in [2.75, 3.05) is 0 Å². The number of furan rings is 1. The lowest BCUT2D eigenvalue weighted by Gasteiger charge is -2.06. The van der Waals surface area contributed by atoms with Crippen LogP contribution in [-0.2, 0) is 11.2 Å². The number of para-hydroxylation sites is 1. The minimum Gasteiger partial charge on any atom is -0.451 e. The highest BCUT2D eigenvalue weighted by Gasteiger charge is 2.17. The molecule has 0 atom stereocenters. The molecule has 0 saturated carbocycles. The van der Waals surface area contributed by atoms with Crippen molar-refractivity contribution in [2.24, 2.45) is 0 Å². The van der Waals surface area contributed by atoms with E-state index in [1.807, 2.05) is 36.4 Å². The molecule has 2 aromatic carbocycles. The average Bonchev–Trinajstić information content (AvgIpc) is 3.02. The zero-order valence-corrected chi connectivity index (χ0v) is 14.2. The second kappa shape index (κ2) is 7.53. The molecule has 130 valence electrons. The minimum absolute atomic E-state index is 0.179. The van der Waals surface area contributed by atoms with E-state index < -0.39 is 5.91 Å². The second-order valence-corrected chi connectivity index (χ2v) is 5.86. The molecule has 1 heterocycles. The number of nitrogens with one attached hydrogen (secondary N) is 2. The van der Waals surface area contributed by atoms with Crippen LogP contribution in [0.3, 0.4) is 0 Å². The number of amides is 2. The largest absolute Gasteiger partial charge is 0.451 e. The summed E-state index contributed by atoms with van der Waals surface area (Å²) in [4.78, 5) is 24.2. The lowest BCUT2D eigenvalue weighted by Crippen LogP contribution is -2.41. The van der Waals surface area contributed by atoms with Crippen LogP contribution in [0.15, 0.2) is 52.9 Å². The normalized spacial score (nSPS) is 10.3. The summed E-state index contributed by atoms with van der Waals surface area (Å²) in [5.41, 5.74) is 7.65. The Morgan fingerprint density at radius 2 is 1.81 bits per heavy atom. The first kappa shape index (κ1) is 17.2. The van der Waals surface area contributed by atoms with Crippen LogP contribution in [0, 0.1) is 18.3 Å². The van der Waals surface area contributed by atoms with Gasteiger partial charge in [-0.2, -0.15) is 5.26 Å². The third kappa shape index (κ3) is 3.73. The van der Waals surface area contributed by atoms with Gasteiger partial charge in [-0.15, -0.1) is 0 Å². The van der Waals surface area contributed by atoms with Crippen LogP contribution in [0.5, 0.6) is 0 Å². The van der Waals surface area contributed by atoms with Crippen LogP contribution >= 0.6 is 0 Å². The van der Waals surface area contributed by atoms with Gasteiger partial charge >= 0.3 is 5.91 Å². The fourth-order valence-electron chi connectivity index (χ4n) is 2.64. The molecule has 6 heteroatoms. The summed E-state index contributed by atoms with van der Waals surface area (Å²) in [6.45, 7) is 1.80. The number of hydrazine groups is 1. The predicted molar refractivity (Wildman–Crippen MR) is 96.0 cm³/mol. The minimum atomic E-state index is -0.495. The summed E-state index contributed by atoms with van der Waals surface area (Å²) in [5.74, 6) is -0.625. The second-order valence-electron chi connectivity index (χ2n) is 5.86. The zero-order valence-electron chi connectivity index (χ0n) is 14.2. The summed E-state index contributed by atoms with van der Waals surface area (Å²) in [5, 5.41) is 9.63. The van der Waals surface area contributed by atoms with E-state index >= 15 is 0 Å². The molecule has 0 radical (unpaired) electrons. The van der Waals surface area contributed by atoms with Gasteiger partial charge in [0, 0.05) is 17.4 Å². The average molecular weight is 347 g/mol. The molecule has 2 N–H and O–H groups in total. The van der Waals surface area contributed by atoms with E-state index in [1.54, 1.807) is 25.1 Å². The van der Waals surface area contributed by atoms with Gasteiger partial charge in [-0.05, 0) is 37.1 Å². The van der Waals surface area contributed by atoms with Crippen molar-refractivity contribution >= 4 is 22.8 Å². The number of fused-ring (bicyclic) bond motifs is 1. The number of carbonyl (C=O) groups is 2. The van der Waals surface area contributed by atoms with Gasteiger partial charge < -0.3 is 4.42 Å². The van der Waals surface area contributed by atoms with Crippen molar-refractivity contribution in [1.82, 2.24) is 10.9 Å². The lowest BCUT2D eigenvalue weighted by molar-refractivity contribution is -0.121. The summed E-state index contributed by atoms with van der Waals surface area (Å²) in [6, 6.07) is 16.4. The van der Waals surface area contributed by atoms with Crippen molar-refractivity contribution in [2.45, 2.75) is 19.8 Å². The smallest absolute Gasteiger partial charge is 0.305 e. The van der Waals surface area contributed by atoms with E-state index in [1.165, 1.54) is 0 Å². The maximum absolute atomic E-state index is 12.2. The number of rotatable bonds is 4. The quantitative estimate of drug-likeness (QED) is 0.709. The van der Waals surface area contributed by atoms with Crippen LogP contribution in [0.1, 0.15) is 33.7 Å². The number of hydrogen-bond acceptors (Lipinski definition) is 4. The fraction of sp³-hybridized carbons (Fsp3) is 0.150. The number of hydrogen-bond donors (Lipinski definition) is 2. The van der Waals surface area contributed by atoms with E-state index in [2.05, 4.69) is 10.9 Å². The van der Waals surface area contributed by atoms with Crippen LogP contribution in [0.25, 0.3) is 11.0 Å². The molecule has 0 aliphatic heterocycles. The number of benzene rings is 2. The van der Waals surface area contributed by atoms with Crippen molar-refractivity contribution in [1.29, 1.82) is 5.26 Å². The van der Waals surface area contributed by atoms with Crippen molar-refractivity contribution < 1.29 is 14.0 Å². The molecule has 3 aromatic rings.